The largest absolute Gasteiger partial charge is 0.300 e. The molecule has 2 nitrogen and oxygen atoms in total. The Hall–Kier alpha value is -0.540. The predicted octanol–water partition coefficient (Wildman–Crippen LogP) is 1.06. The van der Waals surface area contributed by atoms with Gasteiger partial charge in [-0.3, -0.25) is 10.1 Å². The Morgan fingerprint density at radius 3 is 3.45 bits per heavy atom. The minimum absolute atomic E-state index is 0.421. The van der Waals surface area contributed by atoms with Gasteiger partial charge in [-0.1, -0.05) is 12.2 Å². The van der Waals surface area contributed by atoms with Crippen molar-refractivity contribution >= 4 is 18.0 Å². The average molecular weight is 167 g/mol. The first-order valence-electron chi connectivity index (χ1n) is 3.64. The number of carbonyl (C=O) groups excluding carboxylic acids is 1. The highest BCUT2D eigenvalue weighted by molar-refractivity contribution is 8.03. The molecule has 1 saturated heterocycles. The van der Waals surface area contributed by atoms with E-state index in [9.17, 15) is 4.79 Å². The van der Waals surface area contributed by atoms with E-state index in [0.717, 1.165) is 24.2 Å². The molecule has 1 N–H and O–H groups in total. The minimum Gasteiger partial charge on any atom is -0.300 e. The summed E-state index contributed by atoms with van der Waals surface area (Å²) in [4.78, 5) is 11.8. The van der Waals surface area contributed by atoms with Crippen LogP contribution in [0.2, 0.25) is 0 Å². The Labute approximate surface area is 69.7 Å². The van der Waals surface area contributed by atoms with Crippen LogP contribution in [0.25, 0.3) is 0 Å². The van der Waals surface area contributed by atoms with Gasteiger partial charge in [-0.15, -0.1) is 11.8 Å². The van der Waals surface area contributed by atoms with Crippen molar-refractivity contribution in [2.45, 2.75) is 12.5 Å². The summed E-state index contributed by atoms with van der Waals surface area (Å²) in [6, 6.07) is 0.421. The molecule has 0 amide bonds. The number of hydrogen-bond acceptors (Lipinski definition) is 3. The standard InChI is InChI=1S/C8H9NOS/c10-4-6-2-1-3-7-8(6)11-5-9-7/h1-2,4,7,9H,3,5H2. The maximum atomic E-state index is 10.6. The van der Waals surface area contributed by atoms with E-state index in [2.05, 4.69) is 11.4 Å². The van der Waals surface area contributed by atoms with Crippen molar-refractivity contribution in [1.29, 1.82) is 0 Å². The lowest BCUT2D eigenvalue weighted by molar-refractivity contribution is -0.104. The van der Waals surface area contributed by atoms with Crippen molar-refractivity contribution in [1.82, 2.24) is 5.32 Å². The predicted molar refractivity (Wildman–Crippen MR) is 46.2 cm³/mol. The second-order valence-electron chi connectivity index (χ2n) is 2.62. The Bertz CT molecular complexity index is 244. The molecule has 0 saturated carbocycles. The number of rotatable bonds is 1. The first-order chi connectivity index (χ1) is 5.42. The van der Waals surface area contributed by atoms with Gasteiger partial charge in [0, 0.05) is 22.4 Å². The Kier molecular flexibility index (Phi) is 1.84. The number of fused-ring (bicyclic) bond motifs is 1. The number of nitrogens with one attached hydrogen (secondary N) is 1. The van der Waals surface area contributed by atoms with E-state index in [4.69, 9.17) is 0 Å². The molecule has 1 atom stereocenters. The molecule has 1 aliphatic heterocycles. The van der Waals surface area contributed by atoms with E-state index >= 15 is 0 Å². The summed E-state index contributed by atoms with van der Waals surface area (Å²) < 4.78 is 0. The fraction of sp³-hybridized carbons (Fsp3) is 0.375. The third-order valence-corrected chi connectivity index (χ3v) is 3.10. The summed E-state index contributed by atoms with van der Waals surface area (Å²) in [6.07, 6.45) is 5.94. The quantitative estimate of drug-likeness (QED) is 0.592. The van der Waals surface area contributed by atoms with Gasteiger partial charge >= 0.3 is 0 Å². The molecule has 3 heteroatoms. The van der Waals surface area contributed by atoms with Crippen molar-refractivity contribution in [3.8, 4) is 0 Å². The summed E-state index contributed by atoms with van der Waals surface area (Å²) in [5.74, 6) is 0.943. The zero-order valence-electron chi connectivity index (χ0n) is 6.04. The van der Waals surface area contributed by atoms with Gasteiger partial charge in [0.25, 0.3) is 0 Å². The topological polar surface area (TPSA) is 29.1 Å². The van der Waals surface area contributed by atoms with Crippen LogP contribution < -0.4 is 5.32 Å². The normalized spacial score (nSPS) is 28.9. The third kappa shape index (κ3) is 1.14. The zero-order valence-corrected chi connectivity index (χ0v) is 6.86. The lowest BCUT2D eigenvalue weighted by atomic mass is 10.0. The van der Waals surface area contributed by atoms with E-state index in [1.165, 1.54) is 4.91 Å². The SMILES string of the molecule is O=CC1=C2SCNC2CC=C1. The Balaban J connectivity index is 2.36. The van der Waals surface area contributed by atoms with Crippen LogP contribution in [0.5, 0.6) is 0 Å². The maximum absolute atomic E-state index is 10.6. The first-order valence-corrected chi connectivity index (χ1v) is 4.62. The molecule has 0 spiro atoms. The second-order valence-corrected chi connectivity index (χ2v) is 3.64. The summed E-state index contributed by atoms with van der Waals surface area (Å²) in [5.41, 5.74) is 0.858. The number of carbonyl (C=O) groups is 1. The molecule has 0 aromatic rings. The molecular formula is C8H9NOS. The molecular weight excluding hydrogens is 158 g/mol. The molecule has 0 radical (unpaired) electrons. The van der Waals surface area contributed by atoms with Crippen LogP contribution in [0, 0.1) is 0 Å². The fourth-order valence-electron chi connectivity index (χ4n) is 1.40. The van der Waals surface area contributed by atoms with E-state index in [1.807, 2.05) is 6.08 Å². The second kappa shape index (κ2) is 2.83. The zero-order chi connectivity index (χ0) is 7.68. The summed E-state index contributed by atoms with van der Waals surface area (Å²) in [7, 11) is 0. The van der Waals surface area contributed by atoms with Gasteiger partial charge in [0.05, 0.1) is 0 Å². The molecule has 1 aliphatic carbocycles. The summed E-state index contributed by atoms with van der Waals surface area (Å²) in [5, 5.41) is 3.32. The number of hydrogen-bond donors (Lipinski definition) is 1. The summed E-state index contributed by atoms with van der Waals surface area (Å²) >= 11 is 1.74. The van der Waals surface area contributed by atoms with Gasteiger partial charge in [0.15, 0.2) is 6.29 Å². The molecule has 2 aliphatic rings. The minimum atomic E-state index is 0.421. The van der Waals surface area contributed by atoms with Crippen LogP contribution in [0.3, 0.4) is 0 Å². The van der Waals surface area contributed by atoms with Crippen molar-refractivity contribution in [2.75, 3.05) is 5.88 Å². The van der Waals surface area contributed by atoms with Crippen LogP contribution in [0.4, 0.5) is 0 Å². The smallest absolute Gasteiger partial charge is 0.150 e. The maximum Gasteiger partial charge on any atom is 0.150 e. The molecule has 0 bridgehead atoms. The van der Waals surface area contributed by atoms with E-state index in [1.54, 1.807) is 11.8 Å². The van der Waals surface area contributed by atoms with Gasteiger partial charge in [0.2, 0.25) is 0 Å². The van der Waals surface area contributed by atoms with Crippen LogP contribution in [0.1, 0.15) is 6.42 Å². The van der Waals surface area contributed by atoms with Gasteiger partial charge in [-0.25, -0.2) is 0 Å². The monoisotopic (exact) mass is 167 g/mol. The van der Waals surface area contributed by atoms with Crippen molar-refractivity contribution in [3.05, 3.63) is 22.6 Å². The van der Waals surface area contributed by atoms with Crippen LogP contribution in [-0.4, -0.2) is 18.2 Å². The van der Waals surface area contributed by atoms with Gasteiger partial charge in [-0.2, -0.15) is 0 Å². The van der Waals surface area contributed by atoms with Crippen LogP contribution >= 0.6 is 11.8 Å². The lowest BCUT2D eigenvalue weighted by Gasteiger charge is -2.13. The van der Waals surface area contributed by atoms with E-state index in [-0.39, 0.29) is 0 Å². The van der Waals surface area contributed by atoms with E-state index < -0.39 is 0 Å². The number of allylic oxidation sites excluding steroid dienone is 2. The van der Waals surface area contributed by atoms with Gasteiger partial charge in [0.1, 0.15) is 0 Å². The molecule has 1 unspecified atom stereocenters. The number of aldehydes is 1. The van der Waals surface area contributed by atoms with Crippen LogP contribution in [0.15, 0.2) is 22.6 Å². The Morgan fingerprint density at radius 1 is 1.73 bits per heavy atom. The molecule has 0 aromatic carbocycles. The van der Waals surface area contributed by atoms with Crippen LogP contribution in [-0.2, 0) is 4.79 Å². The molecule has 58 valence electrons. The van der Waals surface area contributed by atoms with Gasteiger partial charge in [-0.05, 0) is 6.42 Å². The molecule has 2 rings (SSSR count). The molecule has 11 heavy (non-hydrogen) atoms. The highest BCUT2D eigenvalue weighted by atomic mass is 32.2. The Morgan fingerprint density at radius 2 is 2.64 bits per heavy atom. The lowest BCUT2D eigenvalue weighted by Crippen LogP contribution is -2.23. The highest BCUT2D eigenvalue weighted by Crippen LogP contribution is 2.32. The van der Waals surface area contributed by atoms with Crippen molar-refractivity contribution < 1.29 is 4.79 Å². The highest BCUT2D eigenvalue weighted by Gasteiger charge is 2.24. The van der Waals surface area contributed by atoms with Gasteiger partial charge < -0.3 is 0 Å². The first kappa shape index (κ1) is 7.13. The van der Waals surface area contributed by atoms with E-state index in [0.29, 0.717) is 6.04 Å². The van der Waals surface area contributed by atoms with Crippen molar-refractivity contribution in [2.24, 2.45) is 0 Å². The summed E-state index contributed by atoms with van der Waals surface area (Å²) in [6.45, 7) is 0. The third-order valence-electron chi connectivity index (χ3n) is 1.95. The molecule has 1 fully saturated rings. The van der Waals surface area contributed by atoms with Crippen molar-refractivity contribution in [3.63, 3.8) is 0 Å². The number of thioether (sulfide) groups is 1. The molecule has 1 heterocycles. The fourth-order valence-corrected chi connectivity index (χ4v) is 2.50. The molecule has 0 aromatic heterocycles. The average Bonchev–Trinajstić information content (AvgIpc) is 2.50.